The number of hydrogen-bond donors (Lipinski definition) is 0. The largest absolute Gasteiger partial charge is 0.152 e. The highest BCUT2D eigenvalue weighted by Crippen LogP contribution is 2.07. The van der Waals surface area contributed by atoms with E-state index in [4.69, 9.17) is 11.6 Å². The van der Waals surface area contributed by atoms with Gasteiger partial charge in [-0.1, -0.05) is 12.2 Å². The SMILES string of the molecule is ClCCC=Cc1ccsc1. The van der Waals surface area contributed by atoms with E-state index in [0.29, 0.717) is 5.88 Å². The van der Waals surface area contributed by atoms with Crippen molar-refractivity contribution in [3.05, 3.63) is 28.5 Å². The Morgan fingerprint density at radius 1 is 1.60 bits per heavy atom. The zero-order valence-electron chi connectivity index (χ0n) is 5.59. The third kappa shape index (κ3) is 2.54. The van der Waals surface area contributed by atoms with E-state index in [1.54, 1.807) is 11.3 Å². The van der Waals surface area contributed by atoms with Crippen LogP contribution in [0.25, 0.3) is 6.08 Å². The van der Waals surface area contributed by atoms with Crippen molar-refractivity contribution in [2.75, 3.05) is 5.88 Å². The molecule has 1 aromatic rings. The van der Waals surface area contributed by atoms with Gasteiger partial charge in [0.2, 0.25) is 0 Å². The van der Waals surface area contributed by atoms with E-state index < -0.39 is 0 Å². The zero-order chi connectivity index (χ0) is 7.23. The van der Waals surface area contributed by atoms with E-state index in [9.17, 15) is 0 Å². The van der Waals surface area contributed by atoms with Gasteiger partial charge in [0.05, 0.1) is 0 Å². The van der Waals surface area contributed by atoms with Gasteiger partial charge in [0, 0.05) is 5.88 Å². The van der Waals surface area contributed by atoms with Crippen LogP contribution in [0.5, 0.6) is 0 Å². The molecule has 0 fully saturated rings. The predicted molar refractivity (Wildman–Crippen MR) is 48.7 cm³/mol. The Hall–Kier alpha value is -0.270. The van der Waals surface area contributed by atoms with E-state index in [1.807, 2.05) is 0 Å². The molecule has 0 saturated heterocycles. The Kier molecular flexibility index (Phi) is 3.55. The fraction of sp³-hybridized carbons (Fsp3) is 0.250. The molecular formula is C8H9ClS. The van der Waals surface area contributed by atoms with Crippen molar-refractivity contribution in [3.8, 4) is 0 Å². The molecule has 0 nitrogen and oxygen atoms in total. The first-order valence-electron chi connectivity index (χ1n) is 3.18. The first-order chi connectivity index (χ1) is 4.93. The Labute approximate surface area is 70.1 Å². The number of alkyl halides is 1. The van der Waals surface area contributed by atoms with Crippen molar-refractivity contribution < 1.29 is 0 Å². The second-order valence-electron chi connectivity index (χ2n) is 1.94. The van der Waals surface area contributed by atoms with E-state index in [1.165, 1.54) is 5.56 Å². The van der Waals surface area contributed by atoms with Gasteiger partial charge in [0.25, 0.3) is 0 Å². The molecular weight excluding hydrogens is 164 g/mol. The van der Waals surface area contributed by atoms with Crippen LogP contribution in [-0.4, -0.2) is 5.88 Å². The van der Waals surface area contributed by atoms with Gasteiger partial charge in [-0.15, -0.1) is 11.6 Å². The molecule has 1 aromatic heterocycles. The summed E-state index contributed by atoms with van der Waals surface area (Å²) >= 11 is 7.21. The van der Waals surface area contributed by atoms with Crippen LogP contribution in [0.2, 0.25) is 0 Å². The molecule has 1 rings (SSSR count). The van der Waals surface area contributed by atoms with Gasteiger partial charge >= 0.3 is 0 Å². The first-order valence-corrected chi connectivity index (χ1v) is 4.66. The maximum absolute atomic E-state index is 5.49. The van der Waals surface area contributed by atoms with Gasteiger partial charge in [-0.25, -0.2) is 0 Å². The van der Waals surface area contributed by atoms with E-state index in [0.717, 1.165) is 6.42 Å². The van der Waals surface area contributed by atoms with Crippen molar-refractivity contribution in [2.24, 2.45) is 0 Å². The first kappa shape index (κ1) is 7.83. The lowest BCUT2D eigenvalue weighted by Gasteiger charge is -1.82. The third-order valence-corrected chi connectivity index (χ3v) is 2.05. The fourth-order valence-corrected chi connectivity index (χ4v) is 1.41. The molecule has 0 saturated carbocycles. The van der Waals surface area contributed by atoms with Crippen molar-refractivity contribution >= 4 is 29.0 Å². The van der Waals surface area contributed by atoms with Gasteiger partial charge in [-0.2, -0.15) is 11.3 Å². The summed E-state index contributed by atoms with van der Waals surface area (Å²) in [5.74, 6) is 0.709. The second kappa shape index (κ2) is 4.53. The number of allylic oxidation sites excluding steroid dienone is 1. The minimum atomic E-state index is 0.709. The molecule has 0 N–H and O–H groups in total. The molecule has 0 spiro atoms. The number of thiophene rings is 1. The minimum absolute atomic E-state index is 0.709. The molecule has 54 valence electrons. The van der Waals surface area contributed by atoms with Crippen LogP contribution < -0.4 is 0 Å². The highest BCUT2D eigenvalue weighted by atomic mass is 35.5. The van der Waals surface area contributed by atoms with Crippen LogP contribution in [0.3, 0.4) is 0 Å². The lowest BCUT2D eigenvalue weighted by atomic mass is 10.3. The van der Waals surface area contributed by atoms with Crippen LogP contribution >= 0.6 is 22.9 Å². The minimum Gasteiger partial charge on any atom is -0.152 e. The summed E-state index contributed by atoms with van der Waals surface area (Å²) in [5, 5.41) is 4.19. The van der Waals surface area contributed by atoms with Crippen LogP contribution in [0, 0.1) is 0 Å². The average molecular weight is 173 g/mol. The van der Waals surface area contributed by atoms with Gasteiger partial charge in [-0.3, -0.25) is 0 Å². The second-order valence-corrected chi connectivity index (χ2v) is 3.09. The molecule has 0 aromatic carbocycles. The molecule has 10 heavy (non-hydrogen) atoms. The highest BCUT2D eigenvalue weighted by Gasteiger charge is 1.82. The van der Waals surface area contributed by atoms with Crippen molar-refractivity contribution in [1.29, 1.82) is 0 Å². The summed E-state index contributed by atoms with van der Waals surface area (Å²) in [5.41, 5.74) is 1.27. The van der Waals surface area contributed by atoms with Gasteiger partial charge in [-0.05, 0) is 28.8 Å². The Bertz CT molecular complexity index is 189. The molecule has 0 aliphatic carbocycles. The summed E-state index contributed by atoms with van der Waals surface area (Å²) in [6.45, 7) is 0. The molecule has 0 radical (unpaired) electrons. The van der Waals surface area contributed by atoms with Crippen molar-refractivity contribution in [2.45, 2.75) is 6.42 Å². The molecule has 0 aliphatic rings. The van der Waals surface area contributed by atoms with Crippen molar-refractivity contribution in [1.82, 2.24) is 0 Å². The molecule has 0 atom stereocenters. The third-order valence-electron chi connectivity index (χ3n) is 1.13. The van der Waals surface area contributed by atoms with E-state index >= 15 is 0 Å². The Morgan fingerprint density at radius 3 is 3.10 bits per heavy atom. The predicted octanol–water partition coefficient (Wildman–Crippen LogP) is 3.39. The number of rotatable bonds is 3. The van der Waals surface area contributed by atoms with E-state index in [-0.39, 0.29) is 0 Å². The van der Waals surface area contributed by atoms with Crippen LogP contribution in [0.15, 0.2) is 22.9 Å². The smallest absolute Gasteiger partial charge is 0.0258 e. The zero-order valence-corrected chi connectivity index (χ0v) is 7.16. The summed E-state index contributed by atoms with van der Waals surface area (Å²) in [4.78, 5) is 0. The molecule has 0 bridgehead atoms. The van der Waals surface area contributed by atoms with E-state index in [2.05, 4.69) is 29.0 Å². The number of hydrogen-bond acceptors (Lipinski definition) is 1. The summed E-state index contributed by atoms with van der Waals surface area (Å²) in [6, 6.07) is 2.09. The number of halogens is 1. The normalized spacial score (nSPS) is 10.9. The maximum atomic E-state index is 5.49. The average Bonchev–Trinajstić information content (AvgIpc) is 2.41. The Morgan fingerprint density at radius 2 is 2.50 bits per heavy atom. The fourth-order valence-electron chi connectivity index (χ4n) is 0.652. The highest BCUT2D eigenvalue weighted by molar-refractivity contribution is 7.08. The molecule has 1 heterocycles. The lowest BCUT2D eigenvalue weighted by molar-refractivity contribution is 1.24. The van der Waals surface area contributed by atoms with Gasteiger partial charge < -0.3 is 0 Å². The lowest BCUT2D eigenvalue weighted by Crippen LogP contribution is -1.65. The molecule has 0 unspecified atom stereocenters. The van der Waals surface area contributed by atoms with Crippen LogP contribution in [0.1, 0.15) is 12.0 Å². The van der Waals surface area contributed by atoms with Gasteiger partial charge in [0.15, 0.2) is 0 Å². The maximum Gasteiger partial charge on any atom is 0.0258 e. The standard InChI is InChI=1S/C8H9ClS/c9-5-2-1-3-8-4-6-10-7-8/h1,3-4,6-7H,2,5H2. The summed E-state index contributed by atoms with van der Waals surface area (Å²) in [6.07, 6.45) is 5.14. The monoisotopic (exact) mass is 172 g/mol. The quantitative estimate of drug-likeness (QED) is 0.614. The Balaban J connectivity index is 2.40. The molecule has 0 aliphatic heterocycles. The summed E-state index contributed by atoms with van der Waals surface area (Å²) in [7, 11) is 0. The summed E-state index contributed by atoms with van der Waals surface area (Å²) < 4.78 is 0. The van der Waals surface area contributed by atoms with Crippen LogP contribution in [-0.2, 0) is 0 Å². The molecule has 0 amide bonds. The molecule has 2 heteroatoms. The van der Waals surface area contributed by atoms with Crippen molar-refractivity contribution in [3.63, 3.8) is 0 Å². The topological polar surface area (TPSA) is 0 Å². The van der Waals surface area contributed by atoms with Crippen LogP contribution in [0.4, 0.5) is 0 Å². The van der Waals surface area contributed by atoms with Gasteiger partial charge in [0.1, 0.15) is 0 Å².